The van der Waals surface area contributed by atoms with Crippen LogP contribution in [-0.2, 0) is 4.79 Å². The van der Waals surface area contributed by atoms with Crippen molar-refractivity contribution in [1.82, 2.24) is 10.6 Å². The minimum Gasteiger partial charge on any atom is -0.350 e. The molecule has 0 aromatic heterocycles. The maximum Gasteiger partial charge on any atom is 0.251 e. The summed E-state index contributed by atoms with van der Waals surface area (Å²) >= 11 is 0. The summed E-state index contributed by atoms with van der Waals surface area (Å²) in [7, 11) is 0. The summed E-state index contributed by atoms with van der Waals surface area (Å²) in [5.74, 6) is -0.279. The van der Waals surface area contributed by atoms with Gasteiger partial charge in [0.05, 0.1) is 6.54 Å². The van der Waals surface area contributed by atoms with E-state index in [2.05, 4.69) is 16.0 Å². The van der Waals surface area contributed by atoms with Gasteiger partial charge in [-0.25, -0.2) is 0 Å². The first-order chi connectivity index (χ1) is 12.5. The summed E-state index contributed by atoms with van der Waals surface area (Å²) in [6.07, 6.45) is 0.868. The monoisotopic (exact) mass is 353 g/mol. The Morgan fingerprint density at radius 2 is 1.73 bits per heavy atom. The molecule has 138 valence electrons. The van der Waals surface area contributed by atoms with E-state index in [9.17, 15) is 9.59 Å². The molecule has 5 nitrogen and oxygen atoms in total. The standard InChI is InChI=1S/C21H27N3O2/c1-4-15(2)23-21(26)18-11-8-12-19(13-18)24-20(25)14-22-16(3)17-9-6-5-7-10-17/h5-13,15-16,22H,4,14H2,1-3H3,(H,23,26)(H,24,25). The highest BCUT2D eigenvalue weighted by molar-refractivity contribution is 5.97. The topological polar surface area (TPSA) is 70.2 Å². The van der Waals surface area contributed by atoms with Crippen molar-refractivity contribution in [2.24, 2.45) is 0 Å². The molecule has 5 heteroatoms. The molecule has 0 heterocycles. The van der Waals surface area contributed by atoms with Crippen LogP contribution in [0.15, 0.2) is 54.6 Å². The molecule has 2 atom stereocenters. The molecule has 0 bridgehead atoms. The van der Waals surface area contributed by atoms with E-state index in [1.807, 2.05) is 51.1 Å². The first-order valence-corrected chi connectivity index (χ1v) is 8.98. The highest BCUT2D eigenvalue weighted by Gasteiger charge is 2.11. The summed E-state index contributed by atoms with van der Waals surface area (Å²) < 4.78 is 0. The van der Waals surface area contributed by atoms with Gasteiger partial charge in [-0.05, 0) is 44.0 Å². The molecule has 2 aromatic carbocycles. The molecule has 2 aromatic rings. The van der Waals surface area contributed by atoms with Gasteiger partial charge in [0.15, 0.2) is 0 Å². The van der Waals surface area contributed by atoms with Crippen molar-refractivity contribution in [2.45, 2.75) is 39.3 Å². The third kappa shape index (κ3) is 6.01. The number of hydrogen-bond donors (Lipinski definition) is 3. The average Bonchev–Trinajstić information content (AvgIpc) is 2.66. The van der Waals surface area contributed by atoms with Gasteiger partial charge >= 0.3 is 0 Å². The van der Waals surface area contributed by atoms with E-state index in [0.717, 1.165) is 12.0 Å². The lowest BCUT2D eigenvalue weighted by Crippen LogP contribution is -2.32. The Balaban J connectivity index is 1.89. The molecule has 0 fully saturated rings. The van der Waals surface area contributed by atoms with E-state index in [1.165, 1.54) is 0 Å². The molecule has 0 radical (unpaired) electrons. The molecule has 2 amide bonds. The number of anilines is 1. The van der Waals surface area contributed by atoms with Gasteiger partial charge in [0.25, 0.3) is 5.91 Å². The van der Waals surface area contributed by atoms with Gasteiger partial charge in [-0.1, -0.05) is 43.3 Å². The molecule has 2 unspecified atom stereocenters. The Hall–Kier alpha value is -2.66. The number of carbonyl (C=O) groups is 2. The maximum atomic E-state index is 12.2. The predicted molar refractivity (Wildman–Crippen MR) is 105 cm³/mol. The molecular weight excluding hydrogens is 326 g/mol. The van der Waals surface area contributed by atoms with Crippen molar-refractivity contribution < 1.29 is 9.59 Å². The van der Waals surface area contributed by atoms with E-state index < -0.39 is 0 Å². The Morgan fingerprint density at radius 1 is 1.00 bits per heavy atom. The van der Waals surface area contributed by atoms with Crippen LogP contribution in [0.2, 0.25) is 0 Å². The Morgan fingerprint density at radius 3 is 2.42 bits per heavy atom. The van der Waals surface area contributed by atoms with Crippen LogP contribution in [0.5, 0.6) is 0 Å². The van der Waals surface area contributed by atoms with Crippen LogP contribution in [0.4, 0.5) is 5.69 Å². The quantitative estimate of drug-likeness (QED) is 0.680. The van der Waals surface area contributed by atoms with Gasteiger partial charge in [-0.15, -0.1) is 0 Å². The van der Waals surface area contributed by atoms with E-state index in [1.54, 1.807) is 24.3 Å². The average molecular weight is 353 g/mol. The summed E-state index contributed by atoms with van der Waals surface area (Å²) in [6.45, 7) is 6.19. The van der Waals surface area contributed by atoms with Crippen LogP contribution in [0.1, 0.15) is 49.2 Å². The maximum absolute atomic E-state index is 12.2. The van der Waals surface area contributed by atoms with Gasteiger partial charge in [-0.3, -0.25) is 9.59 Å². The zero-order valence-electron chi connectivity index (χ0n) is 15.6. The highest BCUT2D eigenvalue weighted by atomic mass is 16.2. The number of hydrogen-bond acceptors (Lipinski definition) is 3. The Kier molecular flexibility index (Phi) is 7.36. The number of benzene rings is 2. The largest absolute Gasteiger partial charge is 0.350 e. The molecule has 0 saturated carbocycles. The van der Waals surface area contributed by atoms with Crippen molar-refractivity contribution in [2.75, 3.05) is 11.9 Å². The Bertz CT molecular complexity index is 731. The fraction of sp³-hybridized carbons (Fsp3) is 0.333. The van der Waals surface area contributed by atoms with Gasteiger partial charge in [0.2, 0.25) is 5.91 Å². The smallest absolute Gasteiger partial charge is 0.251 e. The minimum absolute atomic E-state index is 0.0783. The van der Waals surface area contributed by atoms with Crippen LogP contribution in [0, 0.1) is 0 Å². The van der Waals surface area contributed by atoms with Crippen LogP contribution < -0.4 is 16.0 Å². The fourth-order valence-corrected chi connectivity index (χ4v) is 2.46. The second-order valence-electron chi connectivity index (χ2n) is 6.43. The molecule has 0 aliphatic heterocycles. The molecule has 2 rings (SSSR count). The fourth-order valence-electron chi connectivity index (χ4n) is 2.46. The SMILES string of the molecule is CCC(C)NC(=O)c1cccc(NC(=O)CNC(C)c2ccccc2)c1. The number of amides is 2. The number of nitrogens with one attached hydrogen (secondary N) is 3. The minimum atomic E-state index is -0.146. The lowest BCUT2D eigenvalue weighted by molar-refractivity contribution is -0.115. The van der Waals surface area contributed by atoms with Gasteiger partial charge < -0.3 is 16.0 Å². The van der Waals surface area contributed by atoms with Gasteiger partial charge in [-0.2, -0.15) is 0 Å². The van der Waals surface area contributed by atoms with Crippen molar-refractivity contribution >= 4 is 17.5 Å². The molecule has 0 aliphatic rings. The molecule has 26 heavy (non-hydrogen) atoms. The number of rotatable bonds is 8. The summed E-state index contributed by atoms with van der Waals surface area (Å²) in [5.41, 5.74) is 2.28. The summed E-state index contributed by atoms with van der Waals surface area (Å²) in [5, 5.41) is 8.95. The van der Waals surface area contributed by atoms with Crippen LogP contribution in [0.25, 0.3) is 0 Å². The predicted octanol–water partition coefficient (Wildman–Crippen LogP) is 3.50. The van der Waals surface area contributed by atoms with E-state index in [0.29, 0.717) is 11.3 Å². The third-order valence-corrected chi connectivity index (χ3v) is 4.27. The van der Waals surface area contributed by atoms with Crippen LogP contribution in [0.3, 0.4) is 0 Å². The first-order valence-electron chi connectivity index (χ1n) is 8.98. The van der Waals surface area contributed by atoms with Gasteiger partial charge in [0, 0.05) is 23.3 Å². The highest BCUT2D eigenvalue weighted by Crippen LogP contribution is 2.12. The Labute approximate surface area is 155 Å². The van der Waals surface area contributed by atoms with Crippen LogP contribution in [-0.4, -0.2) is 24.4 Å². The van der Waals surface area contributed by atoms with E-state index in [4.69, 9.17) is 0 Å². The zero-order valence-corrected chi connectivity index (χ0v) is 15.6. The normalized spacial score (nSPS) is 12.9. The second kappa shape index (κ2) is 9.73. The second-order valence-corrected chi connectivity index (χ2v) is 6.43. The lowest BCUT2D eigenvalue weighted by atomic mass is 10.1. The number of carbonyl (C=O) groups excluding carboxylic acids is 2. The molecular formula is C21H27N3O2. The van der Waals surface area contributed by atoms with Crippen molar-refractivity contribution in [3.05, 3.63) is 65.7 Å². The van der Waals surface area contributed by atoms with Crippen LogP contribution >= 0.6 is 0 Å². The van der Waals surface area contributed by atoms with Crippen molar-refractivity contribution in [1.29, 1.82) is 0 Å². The van der Waals surface area contributed by atoms with E-state index >= 15 is 0 Å². The molecule has 0 aliphatic carbocycles. The molecule has 0 saturated heterocycles. The molecule has 3 N–H and O–H groups in total. The summed E-state index contributed by atoms with van der Waals surface area (Å²) in [4.78, 5) is 24.4. The summed E-state index contributed by atoms with van der Waals surface area (Å²) in [6, 6.07) is 17.1. The first kappa shape index (κ1) is 19.7. The third-order valence-electron chi connectivity index (χ3n) is 4.27. The molecule has 0 spiro atoms. The van der Waals surface area contributed by atoms with Crippen molar-refractivity contribution in [3.8, 4) is 0 Å². The van der Waals surface area contributed by atoms with Crippen molar-refractivity contribution in [3.63, 3.8) is 0 Å². The lowest BCUT2D eigenvalue weighted by Gasteiger charge is -2.15. The van der Waals surface area contributed by atoms with E-state index in [-0.39, 0.29) is 30.4 Å². The van der Waals surface area contributed by atoms with Gasteiger partial charge in [0.1, 0.15) is 0 Å². The zero-order chi connectivity index (χ0) is 18.9.